The Morgan fingerprint density at radius 2 is 1.25 bits per heavy atom. The zero-order valence-electron chi connectivity index (χ0n) is 24.7. The van der Waals surface area contributed by atoms with Crippen LogP contribution in [0.25, 0.3) is 0 Å². The van der Waals surface area contributed by atoms with Crippen LogP contribution in [0.4, 0.5) is 44.3 Å². The van der Waals surface area contributed by atoms with Crippen molar-refractivity contribution in [3.8, 4) is 0 Å². The van der Waals surface area contributed by atoms with Crippen LogP contribution in [-0.2, 0) is 34.5 Å². The SMILES string of the molecule is O=C(NC(C(=O)N[C@](Cc1ccccc1)(c1ccc(F)cc1)c1cc(F)cc(CC(F)(F)C(F)F)c1)C(F)(F)F)OCc1ccccc1. The molecule has 0 saturated heterocycles. The first-order chi connectivity index (χ1) is 22.6. The van der Waals surface area contributed by atoms with Gasteiger partial charge in [0, 0.05) is 12.8 Å². The van der Waals surface area contributed by atoms with E-state index in [0.29, 0.717) is 17.2 Å². The molecule has 2 N–H and O–H groups in total. The van der Waals surface area contributed by atoms with E-state index < -0.39 is 84.3 Å². The topological polar surface area (TPSA) is 67.4 Å². The first kappa shape index (κ1) is 35.8. The van der Waals surface area contributed by atoms with Gasteiger partial charge in [-0.2, -0.15) is 22.0 Å². The van der Waals surface area contributed by atoms with Crippen LogP contribution < -0.4 is 10.6 Å². The van der Waals surface area contributed by atoms with E-state index in [1.807, 2.05) is 0 Å². The molecule has 0 heterocycles. The minimum atomic E-state index is -5.43. The Balaban J connectivity index is 1.83. The molecule has 2 amide bonds. The fourth-order valence-electron chi connectivity index (χ4n) is 5.01. The molecule has 4 aromatic rings. The first-order valence-electron chi connectivity index (χ1n) is 14.2. The van der Waals surface area contributed by atoms with Crippen LogP contribution in [-0.4, -0.2) is 36.6 Å². The molecule has 2 atom stereocenters. The average Bonchev–Trinajstić information content (AvgIpc) is 3.02. The van der Waals surface area contributed by atoms with Gasteiger partial charge < -0.3 is 15.4 Å². The summed E-state index contributed by atoms with van der Waals surface area (Å²) in [5.74, 6) is -8.54. The third kappa shape index (κ3) is 9.07. The van der Waals surface area contributed by atoms with Crippen molar-refractivity contribution >= 4 is 12.0 Å². The van der Waals surface area contributed by atoms with Crippen molar-refractivity contribution < 1.29 is 53.8 Å². The molecule has 4 rings (SSSR count). The highest BCUT2D eigenvalue weighted by atomic mass is 19.4. The number of ether oxygens (including phenoxy) is 1. The summed E-state index contributed by atoms with van der Waals surface area (Å²) in [6, 6.07) is 18.4. The van der Waals surface area contributed by atoms with Gasteiger partial charge in [0.1, 0.15) is 18.2 Å². The highest BCUT2D eigenvalue weighted by molar-refractivity contribution is 5.87. The summed E-state index contributed by atoms with van der Waals surface area (Å²) < 4.78 is 131. The third-order valence-corrected chi connectivity index (χ3v) is 7.26. The van der Waals surface area contributed by atoms with Gasteiger partial charge in [-0.15, -0.1) is 0 Å². The molecule has 0 aliphatic carbocycles. The lowest BCUT2D eigenvalue weighted by atomic mass is 9.77. The lowest BCUT2D eigenvalue weighted by Crippen LogP contribution is -2.60. The summed E-state index contributed by atoms with van der Waals surface area (Å²) in [5.41, 5.74) is -2.76. The Hall–Kier alpha value is -5.01. The molecule has 4 aromatic carbocycles. The van der Waals surface area contributed by atoms with Gasteiger partial charge in [0.05, 0.1) is 5.54 Å². The lowest BCUT2D eigenvalue weighted by Gasteiger charge is -2.38. The van der Waals surface area contributed by atoms with Crippen molar-refractivity contribution in [2.24, 2.45) is 0 Å². The van der Waals surface area contributed by atoms with Crippen LogP contribution in [0.15, 0.2) is 103 Å². The van der Waals surface area contributed by atoms with Crippen LogP contribution in [0.3, 0.4) is 0 Å². The minimum Gasteiger partial charge on any atom is -0.445 e. The molecule has 0 aliphatic heterocycles. The standard InChI is InChI=1S/C34H27F9N2O3/c35-26-13-11-24(12-14-26)32(18-21-7-3-1-4-8-21,25-15-23(16-27(36)17-25)19-33(39,40)30(37)38)45-29(46)28(34(41,42)43)44-31(47)48-20-22-9-5-2-6-10-22/h1-17,28,30H,18-20H2,(H,44,47)(H,45,46)/t28?,32-/m1/s1. The van der Waals surface area contributed by atoms with Gasteiger partial charge in [-0.25, -0.2) is 22.4 Å². The molecule has 14 heteroatoms. The van der Waals surface area contributed by atoms with Gasteiger partial charge in [0.2, 0.25) is 6.04 Å². The summed E-state index contributed by atoms with van der Waals surface area (Å²) in [6.07, 6.45) is -13.3. The number of carbonyl (C=O) groups is 2. The van der Waals surface area contributed by atoms with Crippen molar-refractivity contribution in [2.45, 2.75) is 49.6 Å². The van der Waals surface area contributed by atoms with Crippen molar-refractivity contribution in [3.63, 3.8) is 0 Å². The van der Waals surface area contributed by atoms with Crippen molar-refractivity contribution in [3.05, 3.63) is 143 Å². The number of halogens is 9. The molecular formula is C34H27F9N2O3. The van der Waals surface area contributed by atoms with Gasteiger partial charge >= 0.3 is 24.6 Å². The molecule has 5 nitrogen and oxygen atoms in total. The Morgan fingerprint density at radius 1 is 0.667 bits per heavy atom. The normalized spacial score (nSPS) is 13.8. The van der Waals surface area contributed by atoms with E-state index in [1.54, 1.807) is 24.3 Å². The Kier molecular flexibility index (Phi) is 11.1. The summed E-state index contributed by atoms with van der Waals surface area (Å²) in [6.45, 7) is -0.443. The molecule has 0 aliphatic rings. The van der Waals surface area contributed by atoms with E-state index in [0.717, 1.165) is 36.4 Å². The molecular weight excluding hydrogens is 655 g/mol. The molecule has 0 aromatic heterocycles. The van der Waals surface area contributed by atoms with Crippen LogP contribution in [0, 0.1) is 11.6 Å². The van der Waals surface area contributed by atoms with Crippen LogP contribution >= 0.6 is 0 Å². The molecule has 1 unspecified atom stereocenters. The third-order valence-electron chi connectivity index (χ3n) is 7.26. The summed E-state index contributed by atoms with van der Waals surface area (Å²) in [4.78, 5) is 26.1. The molecule has 0 fully saturated rings. The van der Waals surface area contributed by atoms with E-state index in [4.69, 9.17) is 4.74 Å². The fourth-order valence-corrected chi connectivity index (χ4v) is 5.01. The van der Waals surface area contributed by atoms with E-state index in [1.165, 1.54) is 41.7 Å². The lowest BCUT2D eigenvalue weighted by molar-refractivity contribution is -0.168. The number of amides is 2. The second kappa shape index (κ2) is 14.8. The predicted molar refractivity (Wildman–Crippen MR) is 156 cm³/mol. The number of benzene rings is 4. The van der Waals surface area contributed by atoms with Crippen molar-refractivity contribution in [1.29, 1.82) is 0 Å². The van der Waals surface area contributed by atoms with Crippen LogP contribution in [0.1, 0.15) is 27.8 Å². The van der Waals surface area contributed by atoms with Gasteiger partial charge in [-0.1, -0.05) is 78.9 Å². The van der Waals surface area contributed by atoms with E-state index >= 15 is 4.39 Å². The largest absolute Gasteiger partial charge is 0.445 e. The fraction of sp³-hybridized carbons (Fsp3) is 0.235. The zero-order chi connectivity index (χ0) is 35.1. The number of hydrogen-bond donors (Lipinski definition) is 2. The van der Waals surface area contributed by atoms with Gasteiger partial charge in [0.15, 0.2) is 0 Å². The van der Waals surface area contributed by atoms with Gasteiger partial charge in [-0.3, -0.25) is 4.79 Å². The average molecular weight is 683 g/mol. The molecule has 254 valence electrons. The molecule has 0 saturated carbocycles. The highest BCUT2D eigenvalue weighted by Crippen LogP contribution is 2.37. The Labute approximate surface area is 268 Å². The van der Waals surface area contributed by atoms with E-state index in [9.17, 15) is 44.7 Å². The van der Waals surface area contributed by atoms with Gasteiger partial charge in [-0.05, 0) is 52.1 Å². The number of nitrogens with one attached hydrogen (secondary N) is 2. The second-order valence-electron chi connectivity index (χ2n) is 10.8. The second-order valence-corrected chi connectivity index (χ2v) is 10.8. The molecule has 0 spiro atoms. The summed E-state index contributed by atoms with van der Waals surface area (Å²) >= 11 is 0. The number of hydrogen-bond acceptors (Lipinski definition) is 3. The predicted octanol–water partition coefficient (Wildman–Crippen LogP) is 7.87. The van der Waals surface area contributed by atoms with Crippen molar-refractivity contribution in [1.82, 2.24) is 10.6 Å². The van der Waals surface area contributed by atoms with Crippen molar-refractivity contribution in [2.75, 3.05) is 0 Å². The maximum Gasteiger partial charge on any atom is 0.417 e. The maximum absolute atomic E-state index is 15.1. The molecule has 0 radical (unpaired) electrons. The monoisotopic (exact) mass is 682 g/mol. The number of rotatable bonds is 12. The minimum absolute atomic E-state index is 0.133. The smallest absolute Gasteiger partial charge is 0.417 e. The van der Waals surface area contributed by atoms with Gasteiger partial charge in [0.25, 0.3) is 5.91 Å². The zero-order valence-corrected chi connectivity index (χ0v) is 24.7. The Bertz CT molecular complexity index is 1690. The molecule has 48 heavy (non-hydrogen) atoms. The van der Waals surface area contributed by atoms with Crippen LogP contribution in [0.5, 0.6) is 0 Å². The quantitative estimate of drug-likeness (QED) is 0.150. The number of alkyl carbamates (subject to hydrolysis) is 1. The Morgan fingerprint density at radius 3 is 1.81 bits per heavy atom. The number of carbonyl (C=O) groups excluding carboxylic acids is 2. The van der Waals surface area contributed by atoms with E-state index in [-0.39, 0.29) is 5.56 Å². The van der Waals surface area contributed by atoms with Crippen LogP contribution in [0.2, 0.25) is 0 Å². The number of alkyl halides is 7. The molecule has 0 bridgehead atoms. The highest BCUT2D eigenvalue weighted by Gasteiger charge is 2.49. The first-order valence-corrected chi connectivity index (χ1v) is 14.2. The maximum atomic E-state index is 15.1. The summed E-state index contributed by atoms with van der Waals surface area (Å²) in [5, 5.41) is 3.68. The summed E-state index contributed by atoms with van der Waals surface area (Å²) in [7, 11) is 0. The van der Waals surface area contributed by atoms with E-state index in [2.05, 4.69) is 5.32 Å².